The van der Waals surface area contributed by atoms with Crippen LogP contribution in [0.5, 0.6) is 0 Å². The molecule has 11 aromatic rings. The Labute approximate surface area is 297 Å². The zero-order valence-corrected chi connectivity index (χ0v) is 28.2. The molecule has 11 rings (SSSR count). The molecule has 0 amide bonds. The standard InChI is InChI=1S/C46H28N4S/c1-5-19-40-34(15-1)35-16-2-6-20-41(35)49(40)32-13-9-11-29(25-32)30-23-24-44-38(27-30)45-46(51-44)48-39(28-47-45)31-12-10-14-33(26-31)50-42-21-7-3-17-36(42)37-18-4-8-22-43(37)50/h1-28H. The van der Waals surface area contributed by atoms with Crippen LogP contribution in [0, 0.1) is 0 Å². The Kier molecular flexibility index (Phi) is 6.09. The zero-order chi connectivity index (χ0) is 33.5. The Morgan fingerprint density at radius 1 is 0.412 bits per heavy atom. The second-order valence-electron chi connectivity index (χ2n) is 13.1. The molecular formula is C46H28N4S. The van der Waals surface area contributed by atoms with E-state index in [1.807, 2.05) is 6.20 Å². The number of hydrogen-bond acceptors (Lipinski definition) is 3. The normalized spacial score (nSPS) is 11.9. The first-order chi connectivity index (χ1) is 25.3. The number of fused-ring (bicyclic) bond motifs is 9. The molecule has 0 aliphatic rings. The third kappa shape index (κ3) is 4.32. The van der Waals surface area contributed by atoms with E-state index in [-0.39, 0.29) is 0 Å². The van der Waals surface area contributed by atoms with Crippen molar-refractivity contribution in [1.29, 1.82) is 0 Å². The second kappa shape index (κ2) is 11.0. The molecular weight excluding hydrogens is 641 g/mol. The maximum atomic E-state index is 5.18. The van der Waals surface area contributed by atoms with Gasteiger partial charge in [-0.3, -0.25) is 4.98 Å². The Morgan fingerprint density at radius 2 is 0.902 bits per heavy atom. The van der Waals surface area contributed by atoms with Gasteiger partial charge in [0.25, 0.3) is 0 Å². The lowest BCUT2D eigenvalue weighted by molar-refractivity contribution is 1.18. The van der Waals surface area contributed by atoms with Crippen molar-refractivity contribution >= 4 is 75.4 Å². The summed E-state index contributed by atoms with van der Waals surface area (Å²) in [6, 6.07) is 58.7. The third-order valence-corrected chi connectivity index (χ3v) is 11.2. The summed E-state index contributed by atoms with van der Waals surface area (Å²) in [6.07, 6.45) is 1.93. The summed E-state index contributed by atoms with van der Waals surface area (Å²) in [5, 5.41) is 6.17. The number of hydrogen-bond donors (Lipinski definition) is 0. The zero-order valence-electron chi connectivity index (χ0n) is 27.4. The van der Waals surface area contributed by atoms with Crippen LogP contribution >= 0.6 is 11.3 Å². The molecule has 4 heterocycles. The summed E-state index contributed by atoms with van der Waals surface area (Å²) in [7, 11) is 0. The molecule has 51 heavy (non-hydrogen) atoms. The quantitative estimate of drug-likeness (QED) is 0.187. The number of nitrogens with zero attached hydrogens (tertiary/aromatic N) is 4. The summed E-state index contributed by atoms with van der Waals surface area (Å²) in [5.74, 6) is 0. The van der Waals surface area contributed by atoms with E-state index in [1.165, 1.54) is 53.9 Å². The molecule has 5 heteroatoms. The number of para-hydroxylation sites is 4. The van der Waals surface area contributed by atoms with E-state index in [4.69, 9.17) is 9.97 Å². The number of benzene rings is 7. The van der Waals surface area contributed by atoms with E-state index in [2.05, 4.69) is 173 Å². The SMILES string of the molecule is c1cc(-c2ccc3sc4nc(-c5cccc(-n6c7ccccc7c7ccccc76)c5)cnc4c3c2)cc(-n2c3ccccc3c3ccccc32)c1. The minimum Gasteiger partial charge on any atom is -0.309 e. The Hall–Kier alpha value is -6.56. The first kappa shape index (κ1) is 28.3. The summed E-state index contributed by atoms with van der Waals surface area (Å²) < 4.78 is 5.90. The van der Waals surface area contributed by atoms with Crippen molar-refractivity contribution in [2.75, 3.05) is 0 Å². The van der Waals surface area contributed by atoms with Crippen LogP contribution in [0.15, 0.2) is 170 Å². The van der Waals surface area contributed by atoms with Crippen LogP contribution in [-0.4, -0.2) is 19.1 Å². The molecule has 0 aliphatic heterocycles. The van der Waals surface area contributed by atoms with Crippen molar-refractivity contribution in [2.24, 2.45) is 0 Å². The molecule has 238 valence electrons. The van der Waals surface area contributed by atoms with E-state index < -0.39 is 0 Å². The van der Waals surface area contributed by atoms with Crippen molar-refractivity contribution in [3.8, 4) is 33.8 Å². The molecule has 0 saturated carbocycles. The van der Waals surface area contributed by atoms with Crippen molar-refractivity contribution < 1.29 is 0 Å². The van der Waals surface area contributed by atoms with E-state index >= 15 is 0 Å². The van der Waals surface area contributed by atoms with Gasteiger partial charge < -0.3 is 9.13 Å². The predicted octanol–water partition coefficient (Wildman–Crippen LogP) is 12.4. The van der Waals surface area contributed by atoms with Gasteiger partial charge in [0, 0.05) is 48.6 Å². The van der Waals surface area contributed by atoms with Crippen LogP contribution in [0.3, 0.4) is 0 Å². The summed E-state index contributed by atoms with van der Waals surface area (Å²) in [6.45, 7) is 0. The molecule has 4 aromatic heterocycles. The Bertz CT molecular complexity index is 3060. The van der Waals surface area contributed by atoms with Gasteiger partial charge in [0.15, 0.2) is 0 Å². The molecule has 0 bridgehead atoms. The molecule has 0 fully saturated rings. The van der Waals surface area contributed by atoms with Gasteiger partial charge in [0.2, 0.25) is 0 Å². The fraction of sp³-hybridized carbons (Fsp3) is 0. The third-order valence-electron chi connectivity index (χ3n) is 10.2. The minimum absolute atomic E-state index is 0.871. The van der Waals surface area contributed by atoms with Gasteiger partial charge in [-0.25, -0.2) is 4.98 Å². The molecule has 0 radical (unpaired) electrons. The first-order valence-electron chi connectivity index (χ1n) is 17.2. The van der Waals surface area contributed by atoms with Crippen LogP contribution < -0.4 is 0 Å². The van der Waals surface area contributed by atoms with Crippen LogP contribution in [0.1, 0.15) is 0 Å². The fourth-order valence-electron chi connectivity index (χ4n) is 7.89. The lowest BCUT2D eigenvalue weighted by atomic mass is 10.0. The van der Waals surface area contributed by atoms with E-state index in [9.17, 15) is 0 Å². The van der Waals surface area contributed by atoms with Crippen molar-refractivity contribution in [1.82, 2.24) is 19.1 Å². The highest BCUT2D eigenvalue weighted by Gasteiger charge is 2.16. The van der Waals surface area contributed by atoms with Gasteiger partial charge >= 0.3 is 0 Å². The smallest absolute Gasteiger partial charge is 0.143 e. The van der Waals surface area contributed by atoms with Crippen LogP contribution in [0.25, 0.3) is 97.8 Å². The van der Waals surface area contributed by atoms with E-state index in [1.54, 1.807) is 11.3 Å². The second-order valence-corrected chi connectivity index (χ2v) is 14.1. The average Bonchev–Trinajstić information content (AvgIpc) is 3.85. The lowest BCUT2D eigenvalue weighted by Gasteiger charge is -2.10. The Balaban J connectivity index is 0.992. The number of rotatable bonds is 4. The highest BCUT2D eigenvalue weighted by molar-refractivity contribution is 7.25. The molecule has 7 aromatic carbocycles. The average molecular weight is 669 g/mol. The Morgan fingerprint density at radius 3 is 1.47 bits per heavy atom. The summed E-state index contributed by atoms with van der Waals surface area (Å²) in [5.41, 5.74) is 12.2. The van der Waals surface area contributed by atoms with Crippen LogP contribution in [0.4, 0.5) is 0 Å². The lowest BCUT2D eigenvalue weighted by Crippen LogP contribution is -1.95. The largest absolute Gasteiger partial charge is 0.309 e. The van der Waals surface area contributed by atoms with Gasteiger partial charge in [-0.1, -0.05) is 103 Å². The number of aromatic nitrogens is 4. The first-order valence-corrected chi connectivity index (χ1v) is 18.0. The van der Waals surface area contributed by atoms with Gasteiger partial charge in [0.1, 0.15) is 10.3 Å². The van der Waals surface area contributed by atoms with Crippen molar-refractivity contribution in [3.63, 3.8) is 0 Å². The van der Waals surface area contributed by atoms with Crippen molar-refractivity contribution in [3.05, 3.63) is 170 Å². The maximum absolute atomic E-state index is 5.18. The van der Waals surface area contributed by atoms with E-state index in [0.29, 0.717) is 0 Å². The van der Waals surface area contributed by atoms with Crippen LogP contribution in [0.2, 0.25) is 0 Å². The summed E-state index contributed by atoms with van der Waals surface area (Å²) in [4.78, 5) is 11.2. The predicted molar refractivity (Wildman–Crippen MR) is 214 cm³/mol. The molecule has 0 spiro atoms. The highest BCUT2D eigenvalue weighted by atomic mass is 32.1. The van der Waals surface area contributed by atoms with Gasteiger partial charge in [-0.2, -0.15) is 0 Å². The van der Waals surface area contributed by atoms with E-state index in [0.717, 1.165) is 43.9 Å². The monoisotopic (exact) mass is 668 g/mol. The highest BCUT2D eigenvalue weighted by Crippen LogP contribution is 2.38. The molecule has 0 N–H and O–H groups in total. The van der Waals surface area contributed by atoms with Gasteiger partial charge in [0.05, 0.1) is 34.0 Å². The fourth-order valence-corrected chi connectivity index (χ4v) is 8.90. The molecule has 0 aliphatic carbocycles. The number of thiophene rings is 1. The van der Waals surface area contributed by atoms with Gasteiger partial charge in [-0.15, -0.1) is 11.3 Å². The minimum atomic E-state index is 0.871. The summed E-state index contributed by atoms with van der Waals surface area (Å²) >= 11 is 1.70. The molecule has 0 saturated heterocycles. The topological polar surface area (TPSA) is 35.6 Å². The molecule has 0 atom stereocenters. The maximum Gasteiger partial charge on any atom is 0.143 e. The molecule has 4 nitrogen and oxygen atoms in total. The van der Waals surface area contributed by atoms with Gasteiger partial charge in [-0.05, 0) is 71.8 Å². The molecule has 0 unspecified atom stereocenters. The van der Waals surface area contributed by atoms with Crippen molar-refractivity contribution in [2.45, 2.75) is 0 Å². The van der Waals surface area contributed by atoms with Crippen LogP contribution in [-0.2, 0) is 0 Å².